The third-order valence-corrected chi connectivity index (χ3v) is 10.0. The van der Waals surface area contributed by atoms with Gasteiger partial charge in [0.25, 0.3) is 21.2 Å². The molecule has 0 aromatic carbocycles. The van der Waals surface area contributed by atoms with Crippen LogP contribution in [-0.2, 0) is 19.0 Å². The first-order valence-corrected chi connectivity index (χ1v) is 17.8. The zero-order chi connectivity index (χ0) is 36.7. The Balaban J connectivity index is 0.000000187. The summed E-state index contributed by atoms with van der Waals surface area (Å²) in [4.78, 5) is 46.7. The number of carbonyl (C=O) groups is 1. The molecule has 3 aliphatic heterocycles. The Morgan fingerprint density at radius 1 is 0.941 bits per heavy atom. The number of carbonyl (C=O) groups excluding carboxylic acids is 1. The third kappa shape index (κ3) is 7.82. The maximum Gasteiger partial charge on any atom is 0.407 e. The number of hydrogen-bond donors (Lipinski definition) is 1. The van der Waals surface area contributed by atoms with Gasteiger partial charge in [-0.1, -0.05) is 0 Å². The van der Waals surface area contributed by atoms with Crippen LogP contribution < -0.4 is 25.9 Å². The average molecular weight is 733 g/mol. The highest BCUT2D eigenvalue weighted by Crippen LogP contribution is 2.34. The second-order valence-corrected chi connectivity index (χ2v) is 15.3. The second-order valence-electron chi connectivity index (χ2n) is 13.5. The van der Waals surface area contributed by atoms with Crippen LogP contribution in [0, 0.1) is 17.6 Å². The van der Waals surface area contributed by atoms with Crippen LogP contribution >= 0.6 is 0 Å². The van der Waals surface area contributed by atoms with E-state index >= 15 is 0 Å². The van der Waals surface area contributed by atoms with E-state index in [1.807, 2.05) is 20.8 Å². The zero-order valence-corrected chi connectivity index (χ0v) is 29.2. The molecule has 7 rings (SSSR count). The molecule has 4 aromatic rings. The fourth-order valence-corrected chi connectivity index (χ4v) is 7.35. The van der Waals surface area contributed by atoms with E-state index in [0.29, 0.717) is 35.6 Å². The third-order valence-electron chi connectivity index (χ3n) is 8.70. The lowest BCUT2D eigenvalue weighted by Gasteiger charge is -2.31. The van der Waals surface area contributed by atoms with Crippen LogP contribution in [0.5, 0.6) is 11.5 Å². The Morgan fingerprint density at radius 3 is 2.04 bits per heavy atom. The molecule has 0 bridgehead atoms. The van der Waals surface area contributed by atoms with Gasteiger partial charge < -0.3 is 24.4 Å². The lowest BCUT2D eigenvalue weighted by Crippen LogP contribution is -2.40. The van der Waals surface area contributed by atoms with Crippen molar-refractivity contribution < 1.29 is 40.4 Å². The lowest BCUT2D eigenvalue weighted by molar-refractivity contribution is 0.0519. The normalized spacial score (nSPS) is 19.9. The van der Waals surface area contributed by atoms with E-state index in [-0.39, 0.29) is 41.8 Å². The van der Waals surface area contributed by atoms with Gasteiger partial charge in [0.1, 0.15) is 29.8 Å². The van der Waals surface area contributed by atoms with Crippen molar-refractivity contribution in [2.45, 2.75) is 44.9 Å². The number of amides is 1. The van der Waals surface area contributed by atoms with Gasteiger partial charge in [-0.15, -0.1) is 0 Å². The molecule has 51 heavy (non-hydrogen) atoms. The van der Waals surface area contributed by atoms with E-state index in [0.717, 1.165) is 39.0 Å². The Hall–Kier alpha value is -4.68. The van der Waals surface area contributed by atoms with Crippen LogP contribution in [-0.4, -0.2) is 96.4 Å². The molecule has 1 saturated heterocycles. The summed E-state index contributed by atoms with van der Waals surface area (Å²) in [5.74, 6) is -1.40. The van der Waals surface area contributed by atoms with Gasteiger partial charge in [-0.2, -0.15) is 8.42 Å². The second kappa shape index (κ2) is 14.1. The van der Waals surface area contributed by atoms with E-state index in [4.69, 9.17) is 14.2 Å². The molecule has 7 heterocycles. The van der Waals surface area contributed by atoms with E-state index in [1.165, 1.54) is 22.8 Å². The maximum atomic E-state index is 14.1. The predicted molar refractivity (Wildman–Crippen MR) is 181 cm³/mol. The fourth-order valence-electron chi connectivity index (χ4n) is 6.50. The molecule has 3 aliphatic rings. The molecule has 1 amide bonds. The number of nitrogens with one attached hydrogen (secondary N) is 1. The highest BCUT2D eigenvalue weighted by atomic mass is 32.2. The van der Waals surface area contributed by atoms with Gasteiger partial charge >= 0.3 is 6.09 Å². The van der Waals surface area contributed by atoms with E-state index < -0.39 is 50.8 Å². The highest BCUT2D eigenvalue weighted by Gasteiger charge is 2.32. The summed E-state index contributed by atoms with van der Waals surface area (Å²) >= 11 is 0. The van der Waals surface area contributed by atoms with Crippen LogP contribution in [0.1, 0.15) is 39.3 Å². The van der Waals surface area contributed by atoms with Crippen molar-refractivity contribution in [2.24, 2.45) is 5.92 Å². The molecule has 18 heteroatoms. The topological polar surface area (TPSA) is 173 Å². The fraction of sp³-hybridized carbons (Fsp3) is 0.485. The quantitative estimate of drug-likeness (QED) is 0.276. The Bertz CT molecular complexity index is 2210. The van der Waals surface area contributed by atoms with Crippen molar-refractivity contribution in [1.29, 1.82) is 0 Å². The minimum Gasteiger partial charge on any atom is -0.486 e. The van der Waals surface area contributed by atoms with Crippen molar-refractivity contribution >= 4 is 38.3 Å². The minimum atomic E-state index is -3.80. The zero-order valence-electron chi connectivity index (χ0n) is 28.4. The number of alkyl carbamates (subject to hydrolysis) is 1. The number of halogens is 2. The summed E-state index contributed by atoms with van der Waals surface area (Å²) in [6.45, 7) is 8.38. The summed E-state index contributed by atoms with van der Waals surface area (Å²) in [5, 5.41) is 2.83. The largest absolute Gasteiger partial charge is 0.486 e. The average Bonchev–Trinajstić information content (AvgIpc) is 3.53. The molecule has 4 aromatic heterocycles. The SMILES string of the molecule is CC(C)(C)OC(=O)NC[C@@H]1CCN(C[C@@H]2COc3c(F)cnc4ccc(=O)n2c34)C1.COS(=O)(=O)C[C@@H]1COc2c(F)cnc3ccc(=O)n1c23. The maximum absolute atomic E-state index is 14.1. The van der Waals surface area contributed by atoms with E-state index in [9.17, 15) is 31.6 Å². The van der Waals surface area contributed by atoms with Crippen LogP contribution in [0.25, 0.3) is 22.1 Å². The van der Waals surface area contributed by atoms with Crippen LogP contribution in [0.15, 0.2) is 46.2 Å². The lowest BCUT2D eigenvalue weighted by atomic mass is 10.1. The predicted octanol–water partition coefficient (Wildman–Crippen LogP) is 2.76. The molecule has 15 nitrogen and oxygen atoms in total. The van der Waals surface area contributed by atoms with Gasteiger partial charge in [0, 0.05) is 31.8 Å². The molecule has 1 fully saturated rings. The number of likely N-dealkylation sites (tertiary alicyclic amines) is 1. The van der Waals surface area contributed by atoms with Crippen molar-refractivity contribution in [3.8, 4) is 11.5 Å². The summed E-state index contributed by atoms with van der Waals surface area (Å²) in [7, 11) is -2.76. The molecular weight excluding hydrogens is 694 g/mol. The monoisotopic (exact) mass is 732 g/mol. The van der Waals surface area contributed by atoms with Gasteiger partial charge in [0.15, 0.2) is 23.1 Å². The molecule has 274 valence electrons. The number of aromatic nitrogens is 4. The number of ether oxygens (including phenoxy) is 3. The highest BCUT2D eigenvalue weighted by molar-refractivity contribution is 7.86. The minimum absolute atomic E-state index is 0.0924. The van der Waals surface area contributed by atoms with Crippen LogP contribution in [0.2, 0.25) is 0 Å². The first-order valence-electron chi connectivity index (χ1n) is 16.3. The van der Waals surface area contributed by atoms with E-state index in [2.05, 4.69) is 24.4 Å². The van der Waals surface area contributed by atoms with Gasteiger partial charge in [-0.3, -0.25) is 32.9 Å². The van der Waals surface area contributed by atoms with Gasteiger partial charge in [-0.05, 0) is 51.8 Å². The first-order chi connectivity index (χ1) is 24.1. The van der Waals surface area contributed by atoms with Gasteiger partial charge in [-0.25, -0.2) is 13.6 Å². The van der Waals surface area contributed by atoms with Gasteiger partial charge in [0.2, 0.25) is 0 Å². The summed E-state index contributed by atoms with van der Waals surface area (Å²) in [6, 6.07) is 4.73. The summed E-state index contributed by atoms with van der Waals surface area (Å²) in [6.07, 6.45) is 2.65. The molecular formula is C33H38F2N6O9S. The van der Waals surface area contributed by atoms with Crippen molar-refractivity contribution in [1.82, 2.24) is 29.3 Å². The van der Waals surface area contributed by atoms with Crippen molar-refractivity contribution in [2.75, 3.05) is 52.3 Å². The summed E-state index contributed by atoms with van der Waals surface area (Å²) < 4.78 is 74.5. The summed E-state index contributed by atoms with van der Waals surface area (Å²) in [5.41, 5.74) is 0.307. The number of nitrogens with zero attached hydrogens (tertiary/aromatic N) is 5. The molecule has 1 N–H and O–H groups in total. The van der Waals surface area contributed by atoms with Crippen LogP contribution in [0.4, 0.5) is 13.6 Å². The molecule has 3 atom stereocenters. The van der Waals surface area contributed by atoms with Crippen LogP contribution in [0.3, 0.4) is 0 Å². The number of hydrogen-bond acceptors (Lipinski definition) is 12. The van der Waals surface area contributed by atoms with Crippen molar-refractivity contribution in [3.63, 3.8) is 0 Å². The molecule has 0 aliphatic carbocycles. The molecule has 0 unspecified atom stereocenters. The number of pyridine rings is 4. The Kier molecular flexibility index (Phi) is 10.0. The Labute approximate surface area is 291 Å². The Morgan fingerprint density at radius 2 is 1.49 bits per heavy atom. The molecule has 0 radical (unpaired) electrons. The van der Waals surface area contributed by atoms with E-state index in [1.54, 1.807) is 10.6 Å². The van der Waals surface area contributed by atoms with Crippen molar-refractivity contribution in [3.05, 3.63) is 69.0 Å². The standard InChI is InChI=1S/C21H27FN4O4.C12H11FN2O5S/c1-21(2,3)30-20(28)24-8-13-6-7-25(10-13)11-14-12-29-19-15(22)9-23-16-4-5-17(27)26(14)18(16)19;1-19-21(17,18)6-7-5-20-12-8(13)4-14-9-2-3-10(16)15(7)11(9)12/h4-5,9,13-14H,6-8,10-12H2,1-3H3,(H,24,28);2-4,7H,5-6H2,1H3/t13-,14+;7-/m00/s1. The first kappa shape index (κ1) is 36.1. The van der Waals surface area contributed by atoms with Gasteiger partial charge in [0.05, 0.1) is 48.4 Å². The molecule has 0 saturated carbocycles. The number of rotatable bonds is 7. The smallest absolute Gasteiger partial charge is 0.407 e. The molecule has 0 spiro atoms.